The summed E-state index contributed by atoms with van der Waals surface area (Å²) in [6.45, 7) is 4.49. The van der Waals surface area contributed by atoms with E-state index in [9.17, 15) is 4.79 Å². The van der Waals surface area contributed by atoms with Crippen LogP contribution < -0.4 is 11.1 Å². The minimum Gasteiger partial charge on any atom is -0.348 e. The summed E-state index contributed by atoms with van der Waals surface area (Å²) in [6.07, 6.45) is 2.38. The molecule has 1 aromatic rings. The minimum atomic E-state index is 0. The van der Waals surface area contributed by atoms with E-state index in [0.29, 0.717) is 12.5 Å². The number of rotatable bonds is 4. The smallest absolute Gasteiger partial charge is 0.251 e. The van der Waals surface area contributed by atoms with Gasteiger partial charge in [-0.25, -0.2) is 0 Å². The predicted octanol–water partition coefficient (Wildman–Crippen LogP) is 2.19. The Balaban J connectivity index is 0.00000162. The third kappa shape index (κ3) is 3.47. The highest BCUT2D eigenvalue weighted by Gasteiger charge is 2.31. The van der Waals surface area contributed by atoms with E-state index < -0.39 is 0 Å². The Labute approximate surface area is 115 Å². The number of carbonyl (C=O) groups excluding carboxylic acids is 1. The number of carbonyl (C=O) groups is 1. The van der Waals surface area contributed by atoms with Gasteiger partial charge in [0, 0.05) is 18.2 Å². The minimum absolute atomic E-state index is 0. The maximum absolute atomic E-state index is 12.2. The molecule has 0 aliphatic heterocycles. The van der Waals surface area contributed by atoms with E-state index in [1.54, 1.807) is 0 Å². The third-order valence-corrected chi connectivity index (χ3v) is 3.40. The van der Waals surface area contributed by atoms with Crippen LogP contribution in [0, 0.1) is 19.8 Å². The van der Waals surface area contributed by atoms with Gasteiger partial charge < -0.3 is 11.1 Å². The molecule has 1 amide bonds. The van der Waals surface area contributed by atoms with E-state index in [4.69, 9.17) is 5.73 Å². The number of nitrogens with one attached hydrogen (secondary N) is 1. The van der Waals surface area contributed by atoms with Crippen molar-refractivity contribution in [1.82, 2.24) is 5.32 Å². The van der Waals surface area contributed by atoms with Gasteiger partial charge in [-0.05, 0) is 44.2 Å². The van der Waals surface area contributed by atoms with Crippen LogP contribution in [0.1, 0.15) is 34.3 Å². The summed E-state index contributed by atoms with van der Waals surface area (Å²) in [4.78, 5) is 12.2. The molecule has 1 fully saturated rings. The molecule has 1 aliphatic carbocycles. The predicted molar refractivity (Wildman–Crippen MR) is 76.2 cm³/mol. The molecule has 3 N–H and O–H groups in total. The van der Waals surface area contributed by atoms with Crippen molar-refractivity contribution in [2.75, 3.05) is 6.54 Å². The van der Waals surface area contributed by atoms with Crippen LogP contribution in [0.3, 0.4) is 0 Å². The second-order valence-electron chi connectivity index (χ2n) is 4.97. The zero-order valence-corrected chi connectivity index (χ0v) is 11.7. The number of amides is 1. The summed E-state index contributed by atoms with van der Waals surface area (Å²) >= 11 is 0. The number of benzene rings is 1. The van der Waals surface area contributed by atoms with Crippen molar-refractivity contribution < 1.29 is 4.79 Å². The van der Waals surface area contributed by atoms with Crippen LogP contribution in [0.15, 0.2) is 18.2 Å². The van der Waals surface area contributed by atoms with Crippen LogP contribution in [0.4, 0.5) is 0 Å². The maximum Gasteiger partial charge on any atom is 0.251 e. The highest BCUT2D eigenvalue weighted by molar-refractivity contribution is 5.96. The van der Waals surface area contributed by atoms with Crippen LogP contribution in [0.5, 0.6) is 0 Å². The second-order valence-corrected chi connectivity index (χ2v) is 4.97. The molecular formula is C14H21ClN2O. The maximum atomic E-state index is 12.2. The molecule has 0 aromatic heterocycles. The molecule has 1 unspecified atom stereocenters. The molecule has 0 bridgehead atoms. The monoisotopic (exact) mass is 268 g/mol. The van der Waals surface area contributed by atoms with Crippen molar-refractivity contribution in [1.29, 1.82) is 0 Å². The van der Waals surface area contributed by atoms with Crippen molar-refractivity contribution in [2.24, 2.45) is 11.7 Å². The van der Waals surface area contributed by atoms with Crippen LogP contribution in [0.25, 0.3) is 0 Å². The molecule has 0 saturated heterocycles. The zero-order chi connectivity index (χ0) is 12.4. The van der Waals surface area contributed by atoms with Gasteiger partial charge in [0.15, 0.2) is 0 Å². The first kappa shape index (κ1) is 15.0. The summed E-state index contributed by atoms with van der Waals surface area (Å²) in [7, 11) is 0. The summed E-state index contributed by atoms with van der Waals surface area (Å²) in [5.41, 5.74) is 8.58. The summed E-state index contributed by atoms with van der Waals surface area (Å²) in [5.74, 6) is 0.600. The Kier molecular flexibility index (Phi) is 5.17. The molecular weight excluding hydrogens is 248 g/mol. The van der Waals surface area contributed by atoms with Gasteiger partial charge in [-0.15, -0.1) is 12.4 Å². The standard InChI is InChI=1S/C14H20N2O.ClH/c1-9-3-4-10(2)12(7-9)14(17)16-13(8-15)11-5-6-11;/h3-4,7,11,13H,5-6,8,15H2,1-2H3,(H,16,17);1H. The Morgan fingerprint density at radius 1 is 1.44 bits per heavy atom. The molecule has 1 aromatic carbocycles. The molecule has 2 rings (SSSR count). The largest absolute Gasteiger partial charge is 0.348 e. The number of halogens is 1. The second kappa shape index (κ2) is 6.21. The number of hydrogen-bond acceptors (Lipinski definition) is 2. The fourth-order valence-electron chi connectivity index (χ4n) is 2.09. The van der Waals surface area contributed by atoms with Gasteiger partial charge in [0.2, 0.25) is 0 Å². The third-order valence-electron chi connectivity index (χ3n) is 3.40. The van der Waals surface area contributed by atoms with E-state index in [1.165, 1.54) is 12.8 Å². The molecule has 100 valence electrons. The van der Waals surface area contributed by atoms with Crippen molar-refractivity contribution in [3.05, 3.63) is 34.9 Å². The number of hydrogen-bond donors (Lipinski definition) is 2. The number of nitrogens with two attached hydrogens (primary N) is 1. The van der Waals surface area contributed by atoms with Gasteiger partial charge >= 0.3 is 0 Å². The molecule has 0 radical (unpaired) electrons. The quantitative estimate of drug-likeness (QED) is 0.880. The van der Waals surface area contributed by atoms with Gasteiger partial charge in [0.05, 0.1) is 0 Å². The molecule has 0 heterocycles. The molecule has 0 spiro atoms. The van der Waals surface area contributed by atoms with E-state index in [2.05, 4.69) is 5.32 Å². The number of aryl methyl sites for hydroxylation is 2. The fourth-order valence-corrected chi connectivity index (χ4v) is 2.09. The first-order valence-electron chi connectivity index (χ1n) is 6.20. The Bertz CT molecular complexity index is 430. The average molecular weight is 269 g/mol. The Morgan fingerprint density at radius 3 is 2.67 bits per heavy atom. The van der Waals surface area contributed by atoms with Gasteiger partial charge in [-0.3, -0.25) is 4.79 Å². The lowest BCUT2D eigenvalue weighted by atomic mass is 10.0. The molecule has 18 heavy (non-hydrogen) atoms. The van der Waals surface area contributed by atoms with Gasteiger partial charge in [0.25, 0.3) is 5.91 Å². The normalized spacial score (nSPS) is 15.7. The topological polar surface area (TPSA) is 55.1 Å². The summed E-state index contributed by atoms with van der Waals surface area (Å²) in [5, 5.41) is 3.05. The van der Waals surface area contributed by atoms with Crippen molar-refractivity contribution in [3.63, 3.8) is 0 Å². The lowest BCUT2D eigenvalue weighted by Gasteiger charge is -2.17. The molecule has 1 atom stereocenters. The molecule has 1 aliphatic rings. The van der Waals surface area contributed by atoms with E-state index >= 15 is 0 Å². The van der Waals surface area contributed by atoms with E-state index in [0.717, 1.165) is 16.7 Å². The molecule has 3 nitrogen and oxygen atoms in total. The van der Waals surface area contributed by atoms with Crippen molar-refractivity contribution in [2.45, 2.75) is 32.7 Å². The highest BCUT2D eigenvalue weighted by atomic mass is 35.5. The van der Waals surface area contributed by atoms with Crippen LogP contribution in [-0.2, 0) is 0 Å². The van der Waals surface area contributed by atoms with Gasteiger partial charge in [-0.1, -0.05) is 17.7 Å². The molecule has 4 heteroatoms. The fraction of sp³-hybridized carbons (Fsp3) is 0.500. The zero-order valence-electron chi connectivity index (χ0n) is 10.9. The first-order chi connectivity index (χ1) is 8.11. The summed E-state index contributed by atoms with van der Waals surface area (Å²) < 4.78 is 0. The Morgan fingerprint density at radius 2 is 2.11 bits per heavy atom. The SMILES string of the molecule is Cc1ccc(C)c(C(=O)NC(CN)C2CC2)c1.Cl. The lowest BCUT2D eigenvalue weighted by molar-refractivity contribution is 0.0933. The van der Waals surface area contributed by atoms with Crippen molar-refractivity contribution in [3.8, 4) is 0 Å². The van der Waals surface area contributed by atoms with Crippen LogP contribution in [-0.4, -0.2) is 18.5 Å². The first-order valence-corrected chi connectivity index (χ1v) is 6.20. The van der Waals surface area contributed by atoms with E-state index in [-0.39, 0.29) is 24.4 Å². The van der Waals surface area contributed by atoms with Crippen molar-refractivity contribution >= 4 is 18.3 Å². The molecule has 1 saturated carbocycles. The highest BCUT2D eigenvalue weighted by Crippen LogP contribution is 2.32. The lowest BCUT2D eigenvalue weighted by Crippen LogP contribution is -2.42. The van der Waals surface area contributed by atoms with Crippen LogP contribution >= 0.6 is 12.4 Å². The average Bonchev–Trinajstić information content (AvgIpc) is 3.13. The Hall–Kier alpha value is -1.06. The summed E-state index contributed by atoms with van der Waals surface area (Å²) in [6, 6.07) is 6.08. The van der Waals surface area contributed by atoms with Crippen LogP contribution in [0.2, 0.25) is 0 Å². The van der Waals surface area contributed by atoms with Gasteiger partial charge in [-0.2, -0.15) is 0 Å². The van der Waals surface area contributed by atoms with E-state index in [1.807, 2.05) is 32.0 Å². The van der Waals surface area contributed by atoms with Gasteiger partial charge in [0.1, 0.15) is 0 Å².